The lowest BCUT2D eigenvalue weighted by Gasteiger charge is -2.29. The van der Waals surface area contributed by atoms with Crippen LogP contribution in [0.2, 0.25) is 0 Å². The summed E-state index contributed by atoms with van der Waals surface area (Å²) in [6, 6.07) is 4.11. The molecular weight excluding hydrogens is 220 g/mol. The van der Waals surface area contributed by atoms with Crippen LogP contribution in [0, 0.1) is 5.41 Å². The third-order valence-corrected chi connectivity index (χ3v) is 2.91. The summed E-state index contributed by atoms with van der Waals surface area (Å²) in [5, 5.41) is 7.04. The fourth-order valence-electron chi connectivity index (χ4n) is 1.04. The minimum absolute atomic E-state index is 0.191. The zero-order chi connectivity index (χ0) is 12.2. The SMILES string of the molecule is CC(NC(=S)NCc1ccco1)C(C)(C)C. The maximum atomic E-state index is 5.21. The average Bonchev–Trinajstić information content (AvgIpc) is 2.65. The molecule has 0 fully saturated rings. The number of furan rings is 1. The van der Waals surface area contributed by atoms with Crippen molar-refractivity contribution >= 4 is 17.3 Å². The first-order valence-electron chi connectivity index (χ1n) is 5.46. The summed E-state index contributed by atoms with van der Waals surface area (Å²) < 4.78 is 5.21. The highest BCUT2D eigenvalue weighted by Crippen LogP contribution is 2.18. The van der Waals surface area contributed by atoms with Crippen molar-refractivity contribution in [3.05, 3.63) is 24.2 Å². The second-order valence-electron chi connectivity index (χ2n) is 4.99. The molecule has 0 aliphatic rings. The van der Waals surface area contributed by atoms with E-state index >= 15 is 0 Å². The van der Waals surface area contributed by atoms with Crippen LogP contribution in [-0.4, -0.2) is 11.2 Å². The standard InChI is InChI=1S/C12H20N2OS/c1-9(12(2,3)4)14-11(16)13-8-10-6-5-7-15-10/h5-7,9H,8H2,1-4H3,(H2,13,14,16). The van der Waals surface area contributed by atoms with E-state index in [0.717, 1.165) is 5.76 Å². The summed E-state index contributed by atoms with van der Waals surface area (Å²) in [6.45, 7) is 9.29. The fourth-order valence-corrected chi connectivity index (χ4v) is 1.29. The molecule has 0 saturated heterocycles. The molecule has 0 amide bonds. The molecule has 0 aromatic carbocycles. The van der Waals surface area contributed by atoms with Gasteiger partial charge in [0.25, 0.3) is 0 Å². The van der Waals surface area contributed by atoms with E-state index in [4.69, 9.17) is 16.6 Å². The lowest BCUT2D eigenvalue weighted by atomic mass is 9.88. The largest absolute Gasteiger partial charge is 0.467 e. The molecule has 90 valence electrons. The van der Waals surface area contributed by atoms with Crippen molar-refractivity contribution in [2.75, 3.05) is 0 Å². The van der Waals surface area contributed by atoms with Gasteiger partial charge < -0.3 is 15.1 Å². The highest BCUT2D eigenvalue weighted by molar-refractivity contribution is 7.80. The zero-order valence-electron chi connectivity index (χ0n) is 10.3. The van der Waals surface area contributed by atoms with Gasteiger partial charge in [-0.3, -0.25) is 0 Å². The Bertz CT molecular complexity index is 327. The third-order valence-electron chi connectivity index (χ3n) is 2.65. The number of thiocarbonyl (C=S) groups is 1. The second kappa shape index (κ2) is 5.34. The highest BCUT2D eigenvalue weighted by Gasteiger charge is 2.20. The van der Waals surface area contributed by atoms with Gasteiger partial charge in [0.15, 0.2) is 5.11 Å². The van der Waals surface area contributed by atoms with Gasteiger partial charge >= 0.3 is 0 Å². The quantitative estimate of drug-likeness (QED) is 0.797. The van der Waals surface area contributed by atoms with E-state index in [9.17, 15) is 0 Å². The van der Waals surface area contributed by atoms with Gasteiger partial charge in [0.2, 0.25) is 0 Å². The summed E-state index contributed by atoms with van der Waals surface area (Å²) in [6.07, 6.45) is 1.66. The number of hydrogen-bond donors (Lipinski definition) is 2. The summed E-state index contributed by atoms with van der Waals surface area (Å²) in [4.78, 5) is 0. The Hall–Kier alpha value is -1.03. The molecule has 1 heterocycles. The van der Waals surface area contributed by atoms with Crippen LogP contribution in [0.25, 0.3) is 0 Å². The van der Waals surface area contributed by atoms with Crippen LogP contribution in [0.15, 0.2) is 22.8 Å². The first-order valence-corrected chi connectivity index (χ1v) is 5.87. The summed E-state index contributed by atoms with van der Waals surface area (Å²) in [7, 11) is 0. The summed E-state index contributed by atoms with van der Waals surface area (Å²) in [5.41, 5.74) is 0.191. The smallest absolute Gasteiger partial charge is 0.166 e. The number of rotatable bonds is 3. The normalized spacial score (nSPS) is 13.2. The van der Waals surface area contributed by atoms with Gasteiger partial charge in [0.05, 0.1) is 12.8 Å². The lowest BCUT2D eigenvalue weighted by Crippen LogP contribution is -2.45. The van der Waals surface area contributed by atoms with E-state index in [1.807, 2.05) is 12.1 Å². The average molecular weight is 240 g/mol. The Morgan fingerprint density at radius 1 is 1.50 bits per heavy atom. The zero-order valence-corrected chi connectivity index (χ0v) is 11.1. The molecule has 3 nitrogen and oxygen atoms in total. The monoisotopic (exact) mass is 240 g/mol. The predicted molar refractivity (Wildman–Crippen MR) is 70.2 cm³/mol. The van der Waals surface area contributed by atoms with E-state index in [1.54, 1.807) is 6.26 Å². The van der Waals surface area contributed by atoms with Crippen molar-refractivity contribution in [1.29, 1.82) is 0 Å². The highest BCUT2D eigenvalue weighted by atomic mass is 32.1. The van der Waals surface area contributed by atoms with E-state index in [1.165, 1.54) is 0 Å². The van der Waals surface area contributed by atoms with Crippen LogP contribution >= 0.6 is 12.2 Å². The number of nitrogens with one attached hydrogen (secondary N) is 2. The van der Waals surface area contributed by atoms with Crippen LogP contribution in [0.3, 0.4) is 0 Å². The Balaban J connectivity index is 2.31. The minimum atomic E-state index is 0.191. The Kier molecular flexibility index (Phi) is 4.35. The number of hydrogen-bond acceptors (Lipinski definition) is 2. The van der Waals surface area contributed by atoms with Gasteiger partial charge in [0, 0.05) is 6.04 Å². The first-order chi connectivity index (χ1) is 7.39. The first kappa shape index (κ1) is 13.0. The van der Waals surface area contributed by atoms with E-state index in [2.05, 4.69) is 38.3 Å². The summed E-state index contributed by atoms with van der Waals surface area (Å²) in [5.74, 6) is 0.882. The molecule has 0 saturated carbocycles. The Labute approximate surface area is 103 Å². The van der Waals surface area contributed by atoms with Gasteiger partial charge in [0.1, 0.15) is 5.76 Å². The van der Waals surface area contributed by atoms with Crippen LogP contribution in [0.5, 0.6) is 0 Å². The van der Waals surface area contributed by atoms with E-state index in [0.29, 0.717) is 17.7 Å². The summed E-state index contributed by atoms with van der Waals surface area (Å²) >= 11 is 5.21. The van der Waals surface area contributed by atoms with Crippen molar-refractivity contribution in [2.24, 2.45) is 5.41 Å². The van der Waals surface area contributed by atoms with Crippen molar-refractivity contribution in [1.82, 2.24) is 10.6 Å². The molecule has 0 radical (unpaired) electrons. The third kappa shape index (κ3) is 4.23. The molecule has 1 aromatic heterocycles. The predicted octanol–water partition coefficient (Wildman–Crippen LogP) is 2.68. The molecule has 0 bridgehead atoms. The minimum Gasteiger partial charge on any atom is -0.467 e. The Morgan fingerprint density at radius 3 is 2.69 bits per heavy atom. The van der Waals surface area contributed by atoms with E-state index < -0.39 is 0 Å². The maximum Gasteiger partial charge on any atom is 0.166 e. The maximum absolute atomic E-state index is 5.21. The van der Waals surface area contributed by atoms with Crippen molar-refractivity contribution in [3.63, 3.8) is 0 Å². The molecule has 0 aliphatic heterocycles. The van der Waals surface area contributed by atoms with Gasteiger partial charge in [-0.15, -0.1) is 0 Å². The fraction of sp³-hybridized carbons (Fsp3) is 0.583. The van der Waals surface area contributed by atoms with Crippen LogP contribution in [0.4, 0.5) is 0 Å². The lowest BCUT2D eigenvalue weighted by molar-refractivity contribution is 0.315. The molecule has 4 heteroatoms. The van der Waals surface area contributed by atoms with Crippen LogP contribution in [-0.2, 0) is 6.54 Å². The van der Waals surface area contributed by atoms with Gasteiger partial charge in [-0.1, -0.05) is 20.8 Å². The van der Waals surface area contributed by atoms with Crippen molar-refractivity contribution in [3.8, 4) is 0 Å². The molecular formula is C12H20N2OS. The van der Waals surface area contributed by atoms with Crippen molar-refractivity contribution in [2.45, 2.75) is 40.3 Å². The molecule has 2 N–H and O–H groups in total. The molecule has 1 atom stereocenters. The molecule has 0 spiro atoms. The molecule has 0 aliphatic carbocycles. The molecule has 1 unspecified atom stereocenters. The molecule has 16 heavy (non-hydrogen) atoms. The molecule has 1 rings (SSSR count). The van der Waals surface area contributed by atoms with Crippen molar-refractivity contribution < 1.29 is 4.42 Å². The Morgan fingerprint density at radius 2 is 2.19 bits per heavy atom. The van der Waals surface area contributed by atoms with Gasteiger partial charge in [-0.25, -0.2) is 0 Å². The van der Waals surface area contributed by atoms with Gasteiger partial charge in [-0.05, 0) is 36.7 Å². The second-order valence-corrected chi connectivity index (χ2v) is 5.40. The van der Waals surface area contributed by atoms with Crippen LogP contribution < -0.4 is 10.6 Å². The van der Waals surface area contributed by atoms with Crippen LogP contribution in [0.1, 0.15) is 33.5 Å². The topological polar surface area (TPSA) is 37.2 Å². The molecule has 1 aromatic rings. The van der Waals surface area contributed by atoms with E-state index in [-0.39, 0.29) is 5.41 Å². The van der Waals surface area contributed by atoms with Gasteiger partial charge in [-0.2, -0.15) is 0 Å².